The van der Waals surface area contributed by atoms with Crippen molar-refractivity contribution < 1.29 is 19.1 Å². The van der Waals surface area contributed by atoms with E-state index in [0.717, 1.165) is 5.56 Å². The predicted molar refractivity (Wildman–Crippen MR) is 96.8 cm³/mol. The van der Waals surface area contributed by atoms with Gasteiger partial charge in [0.15, 0.2) is 0 Å². The highest BCUT2D eigenvalue weighted by atomic mass is 32.2. The molecule has 1 aromatic carbocycles. The van der Waals surface area contributed by atoms with E-state index in [9.17, 15) is 9.59 Å². The molecular weight excluding hydrogens is 346 g/mol. The third-order valence-corrected chi connectivity index (χ3v) is 5.12. The van der Waals surface area contributed by atoms with Crippen LogP contribution >= 0.6 is 24.0 Å². The number of nitrogens with zero attached hydrogens (tertiary/aromatic N) is 1. The zero-order valence-electron chi connectivity index (χ0n) is 12.9. The van der Waals surface area contributed by atoms with E-state index in [2.05, 4.69) is 0 Å². The van der Waals surface area contributed by atoms with Gasteiger partial charge in [-0.3, -0.25) is 9.69 Å². The van der Waals surface area contributed by atoms with E-state index in [0.29, 0.717) is 26.3 Å². The van der Waals surface area contributed by atoms with Crippen molar-refractivity contribution in [3.8, 4) is 11.3 Å². The molecule has 1 fully saturated rings. The first-order valence-electron chi connectivity index (χ1n) is 7.02. The molecule has 0 spiro atoms. The molecule has 2 heterocycles. The van der Waals surface area contributed by atoms with Gasteiger partial charge in [0.2, 0.25) is 0 Å². The predicted octanol–water partition coefficient (Wildman–Crippen LogP) is 3.78. The van der Waals surface area contributed by atoms with Crippen molar-refractivity contribution in [2.75, 3.05) is 7.05 Å². The second-order valence-corrected chi connectivity index (χ2v) is 6.95. The highest BCUT2D eigenvalue weighted by Crippen LogP contribution is 2.33. The molecule has 1 N–H and O–H groups in total. The Balaban J connectivity index is 1.95. The lowest BCUT2D eigenvalue weighted by molar-refractivity contribution is -0.121. The van der Waals surface area contributed by atoms with Crippen LogP contribution in [-0.2, 0) is 4.79 Å². The highest BCUT2D eigenvalue weighted by Gasteiger charge is 2.29. The smallest absolute Gasteiger partial charge is 0.335 e. The zero-order chi connectivity index (χ0) is 17.4. The van der Waals surface area contributed by atoms with E-state index < -0.39 is 5.97 Å². The van der Waals surface area contributed by atoms with Crippen LogP contribution in [0.1, 0.15) is 21.7 Å². The van der Waals surface area contributed by atoms with Gasteiger partial charge in [-0.05, 0) is 36.8 Å². The Labute approximate surface area is 148 Å². The van der Waals surface area contributed by atoms with Crippen molar-refractivity contribution in [1.29, 1.82) is 0 Å². The Morgan fingerprint density at radius 2 is 2.08 bits per heavy atom. The normalized spacial score (nSPS) is 16.2. The van der Waals surface area contributed by atoms with Crippen LogP contribution in [0.5, 0.6) is 0 Å². The van der Waals surface area contributed by atoms with Crippen LogP contribution in [0.3, 0.4) is 0 Å². The van der Waals surface area contributed by atoms with Crippen LogP contribution in [0.2, 0.25) is 0 Å². The van der Waals surface area contributed by atoms with Crippen molar-refractivity contribution in [3.05, 3.63) is 52.1 Å². The number of aromatic carboxylic acids is 1. The summed E-state index contributed by atoms with van der Waals surface area (Å²) in [6.45, 7) is 1.88. The molecular formula is C17H13NO4S2. The van der Waals surface area contributed by atoms with Gasteiger partial charge >= 0.3 is 5.97 Å². The SMILES string of the molecule is Cc1ccc(C(=O)O)cc1-c1ccc(/C=C2/SC(=S)N(C)C2=O)o1. The fraction of sp³-hybridized carbons (Fsp3) is 0.118. The summed E-state index contributed by atoms with van der Waals surface area (Å²) in [7, 11) is 1.63. The minimum Gasteiger partial charge on any atom is -0.478 e. The number of aryl methyl sites for hydroxylation is 1. The van der Waals surface area contributed by atoms with E-state index in [4.69, 9.17) is 21.7 Å². The number of carbonyl (C=O) groups excluding carboxylic acids is 1. The minimum absolute atomic E-state index is 0.160. The van der Waals surface area contributed by atoms with Crippen LogP contribution in [0, 0.1) is 6.92 Å². The number of rotatable bonds is 3. The number of thioether (sulfide) groups is 1. The molecule has 1 aliphatic rings. The number of hydrogen-bond acceptors (Lipinski definition) is 5. The number of furan rings is 1. The molecule has 5 nitrogen and oxygen atoms in total. The Bertz CT molecular complexity index is 898. The number of carboxylic acids is 1. The quantitative estimate of drug-likeness (QED) is 0.664. The average molecular weight is 359 g/mol. The van der Waals surface area contributed by atoms with Gasteiger partial charge in [-0.15, -0.1) is 0 Å². The first-order valence-corrected chi connectivity index (χ1v) is 8.25. The molecule has 1 aliphatic heterocycles. The van der Waals surface area contributed by atoms with Gasteiger partial charge in [0.1, 0.15) is 15.8 Å². The van der Waals surface area contributed by atoms with Gasteiger partial charge in [0.25, 0.3) is 5.91 Å². The Kier molecular flexibility index (Phi) is 4.29. The van der Waals surface area contributed by atoms with Crippen LogP contribution in [0.25, 0.3) is 17.4 Å². The molecule has 0 radical (unpaired) electrons. The minimum atomic E-state index is -0.991. The van der Waals surface area contributed by atoms with Crippen LogP contribution in [-0.4, -0.2) is 33.3 Å². The molecule has 0 unspecified atom stereocenters. The van der Waals surface area contributed by atoms with Crippen molar-refractivity contribution in [2.24, 2.45) is 0 Å². The van der Waals surface area contributed by atoms with E-state index in [1.807, 2.05) is 6.92 Å². The molecule has 0 aliphatic carbocycles. The molecule has 0 bridgehead atoms. The van der Waals surface area contributed by atoms with Gasteiger partial charge in [0, 0.05) is 18.7 Å². The van der Waals surface area contributed by atoms with E-state index >= 15 is 0 Å². The summed E-state index contributed by atoms with van der Waals surface area (Å²) in [5.74, 6) is -0.0884. The molecule has 1 aromatic heterocycles. The summed E-state index contributed by atoms with van der Waals surface area (Å²) in [6, 6.07) is 8.36. The molecule has 2 aromatic rings. The summed E-state index contributed by atoms with van der Waals surface area (Å²) in [6.07, 6.45) is 1.64. The van der Waals surface area contributed by atoms with Gasteiger partial charge in [-0.1, -0.05) is 30.0 Å². The number of likely N-dealkylation sites (N-methyl/N-ethyl adjacent to an activating group) is 1. The maximum Gasteiger partial charge on any atom is 0.335 e. The molecule has 24 heavy (non-hydrogen) atoms. The Hall–Kier alpha value is -2.38. The molecule has 0 atom stereocenters. The summed E-state index contributed by atoms with van der Waals surface area (Å²) in [5.41, 5.74) is 1.80. The van der Waals surface area contributed by atoms with Gasteiger partial charge in [-0.2, -0.15) is 0 Å². The van der Waals surface area contributed by atoms with E-state index in [1.54, 1.807) is 43.5 Å². The molecule has 122 valence electrons. The molecule has 1 amide bonds. The molecule has 0 saturated carbocycles. The van der Waals surface area contributed by atoms with Gasteiger partial charge in [-0.25, -0.2) is 4.79 Å². The van der Waals surface area contributed by atoms with E-state index in [1.165, 1.54) is 16.7 Å². The van der Waals surface area contributed by atoms with Crippen LogP contribution in [0.4, 0.5) is 0 Å². The second kappa shape index (κ2) is 6.26. The Morgan fingerprint density at radius 3 is 2.71 bits per heavy atom. The van der Waals surface area contributed by atoms with Gasteiger partial charge < -0.3 is 9.52 Å². The summed E-state index contributed by atoms with van der Waals surface area (Å²) >= 11 is 6.31. The maximum absolute atomic E-state index is 12.0. The average Bonchev–Trinajstić information content (AvgIpc) is 3.09. The fourth-order valence-corrected chi connectivity index (χ4v) is 3.43. The largest absolute Gasteiger partial charge is 0.478 e. The number of thiocarbonyl (C=S) groups is 1. The molecule has 7 heteroatoms. The highest BCUT2D eigenvalue weighted by molar-refractivity contribution is 8.26. The van der Waals surface area contributed by atoms with E-state index in [-0.39, 0.29) is 11.5 Å². The molecule has 3 rings (SSSR count). The standard InChI is InChI=1S/C17H13NO4S2/c1-9-3-4-10(16(20)21)7-12(9)13-6-5-11(22-13)8-14-15(19)18(2)17(23)24-14/h3-8H,1-2H3,(H,20,21)/b14-8+. The summed E-state index contributed by atoms with van der Waals surface area (Å²) in [5, 5.41) is 9.12. The summed E-state index contributed by atoms with van der Waals surface area (Å²) in [4.78, 5) is 25.1. The van der Waals surface area contributed by atoms with Crippen LogP contribution in [0.15, 0.2) is 39.7 Å². The van der Waals surface area contributed by atoms with Crippen LogP contribution < -0.4 is 0 Å². The maximum atomic E-state index is 12.0. The monoisotopic (exact) mass is 359 g/mol. The number of carboxylic acid groups (broad SMARTS) is 1. The number of carbonyl (C=O) groups is 2. The van der Waals surface area contributed by atoms with Crippen molar-refractivity contribution in [3.63, 3.8) is 0 Å². The number of benzene rings is 1. The molecule has 1 saturated heterocycles. The lowest BCUT2D eigenvalue weighted by Crippen LogP contribution is -2.22. The lowest BCUT2D eigenvalue weighted by atomic mass is 10.0. The lowest BCUT2D eigenvalue weighted by Gasteiger charge is -2.04. The third kappa shape index (κ3) is 3.00. The zero-order valence-corrected chi connectivity index (χ0v) is 14.5. The number of amides is 1. The Morgan fingerprint density at radius 1 is 1.33 bits per heavy atom. The third-order valence-electron chi connectivity index (χ3n) is 3.64. The first kappa shape index (κ1) is 16.5. The first-order chi connectivity index (χ1) is 11.4. The van der Waals surface area contributed by atoms with Crippen molar-refractivity contribution in [1.82, 2.24) is 4.90 Å². The summed E-state index contributed by atoms with van der Waals surface area (Å²) < 4.78 is 6.27. The number of hydrogen-bond donors (Lipinski definition) is 1. The second-order valence-electron chi connectivity index (χ2n) is 5.28. The van der Waals surface area contributed by atoms with Crippen molar-refractivity contribution >= 4 is 46.3 Å². The fourth-order valence-electron chi connectivity index (χ4n) is 2.27. The van der Waals surface area contributed by atoms with Crippen molar-refractivity contribution in [2.45, 2.75) is 6.92 Å². The topological polar surface area (TPSA) is 70.8 Å². The van der Waals surface area contributed by atoms with Gasteiger partial charge in [0.05, 0.1) is 10.5 Å².